The standard InChI is InChI=1S/C14H13NO5/c1-8(16)11-12(9-5-3-2-4-6-9)15(7-10(17)18)14(20)13(11)19/h2-6,12,19H,7H2,1H3,(H,17,18)/p-1/t12-/m0/s1. The number of ketones is 1. The molecule has 1 aromatic carbocycles. The van der Waals surface area contributed by atoms with E-state index in [0.29, 0.717) is 5.56 Å². The fourth-order valence-corrected chi connectivity index (χ4v) is 2.30. The topological polar surface area (TPSA) is 97.7 Å². The van der Waals surface area contributed by atoms with E-state index in [1.54, 1.807) is 30.3 Å². The molecule has 0 unspecified atom stereocenters. The van der Waals surface area contributed by atoms with Crippen LogP contribution in [0, 0.1) is 0 Å². The van der Waals surface area contributed by atoms with Gasteiger partial charge in [-0.2, -0.15) is 0 Å². The van der Waals surface area contributed by atoms with Crippen molar-refractivity contribution in [2.45, 2.75) is 13.0 Å². The van der Waals surface area contributed by atoms with Crippen molar-refractivity contribution in [2.75, 3.05) is 6.54 Å². The molecule has 1 aliphatic rings. The second kappa shape index (κ2) is 5.16. The number of aliphatic carboxylic acids is 1. The van der Waals surface area contributed by atoms with Gasteiger partial charge in [-0.3, -0.25) is 9.59 Å². The molecule has 0 bridgehead atoms. The Labute approximate surface area is 114 Å². The molecule has 6 heteroatoms. The predicted molar refractivity (Wildman–Crippen MR) is 66.2 cm³/mol. The zero-order valence-electron chi connectivity index (χ0n) is 10.7. The number of hydrogen-bond donors (Lipinski definition) is 1. The van der Waals surface area contributed by atoms with E-state index in [0.717, 1.165) is 4.90 Å². The van der Waals surface area contributed by atoms with Gasteiger partial charge in [0.15, 0.2) is 11.5 Å². The lowest BCUT2D eigenvalue weighted by atomic mass is 9.97. The lowest BCUT2D eigenvalue weighted by Crippen LogP contribution is -2.41. The Balaban J connectivity index is 2.53. The maximum absolute atomic E-state index is 11.9. The highest BCUT2D eigenvalue weighted by Crippen LogP contribution is 2.37. The van der Waals surface area contributed by atoms with Crippen LogP contribution >= 0.6 is 0 Å². The minimum Gasteiger partial charge on any atom is -0.548 e. The predicted octanol–water partition coefficient (Wildman–Crippen LogP) is -0.279. The smallest absolute Gasteiger partial charge is 0.290 e. The van der Waals surface area contributed by atoms with Crippen molar-refractivity contribution in [3.63, 3.8) is 0 Å². The van der Waals surface area contributed by atoms with Crippen LogP contribution in [0.4, 0.5) is 0 Å². The van der Waals surface area contributed by atoms with Crippen molar-refractivity contribution in [1.29, 1.82) is 0 Å². The van der Waals surface area contributed by atoms with E-state index >= 15 is 0 Å². The molecule has 1 N–H and O–H groups in total. The summed E-state index contributed by atoms with van der Waals surface area (Å²) in [6.07, 6.45) is 0. The van der Waals surface area contributed by atoms with Crippen molar-refractivity contribution in [2.24, 2.45) is 0 Å². The van der Waals surface area contributed by atoms with Crippen molar-refractivity contribution in [1.82, 2.24) is 4.90 Å². The average Bonchev–Trinajstić information content (AvgIpc) is 2.64. The van der Waals surface area contributed by atoms with Gasteiger partial charge in [0.2, 0.25) is 0 Å². The van der Waals surface area contributed by atoms with Crippen LogP contribution in [0.2, 0.25) is 0 Å². The number of nitrogens with zero attached hydrogens (tertiary/aromatic N) is 1. The van der Waals surface area contributed by atoms with Gasteiger partial charge in [-0.05, 0) is 12.5 Å². The average molecular weight is 274 g/mol. The minimum atomic E-state index is -1.46. The number of benzene rings is 1. The number of amides is 1. The molecular formula is C14H12NO5-. The fraction of sp³-hybridized carbons (Fsp3) is 0.214. The van der Waals surface area contributed by atoms with Crippen molar-refractivity contribution >= 4 is 17.7 Å². The highest BCUT2D eigenvalue weighted by atomic mass is 16.4. The van der Waals surface area contributed by atoms with Gasteiger partial charge in [-0.1, -0.05) is 30.3 Å². The molecule has 1 heterocycles. The molecule has 1 amide bonds. The molecule has 20 heavy (non-hydrogen) atoms. The summed E-state index contributed by atoms with van der Waals surface area (Å²) >= 11 is 0. The third-order valence-corrected chi connectivity index (χ3v) is 3.10. The van der Waals surface area contributed by atoms with E-state index in [-0.39, 0.29) is 5.57 Å². The molecule has 0 fully saturated rings. The monoisotopic (exact) mass is 274 g/mol. The first-order valence-electron chi connectivity index (χ1n) is 5.93. The summed E-state index contributed by atoms with van der Waals surface area (Å²) in [4.78, 5) is 35.3. The number of carbonyl (C=O) groups excluding carboxylic acids is 3. The maximum atomic E-state index is 11.9. The van der Waals surface area contributed by atoms with Crippen molar-refractivity contribution in [3.8, 4) is 0 Å². The van der Waals surface area contributed by atoms with Crippen LogP contribution in [0.5, 0.6) is 0 Å². The summed E-state index contributed by atoms with van der Waals surface area (Å²) in [5.74, 6) is -3.52. The number of aliphatic hydroxyl groups is 1. The Kier molecular flexibility index (Phi) is 3.56. The number of carbonyl (C=O) groups is 3. The molecule has 1 aromatic rings. The summed E-state index contributed by atoms with van der Waals surface area (Å²) in [5, 5.41) is 20.6. The highest BCUT2D eigenvalue weighted by Gasteiger charge is 2.42. The molecular weight excluding hydrogens is 262 g/mol. The molecule has 1 atom stereocenters. The normalized spacial score (nSPS) is 18.6. The SMILES string of the molecule is CC(=O)C1=C(O)C(=O)N(CC(=O)[O-])[C@H]1c1ccccc1. The van der Waals surface area contributed by atoms with Gasteiger partial charge in [-0.15, -0.1) is 0 Å². The maximum Gasteiger partial charge on any atom is 0.290 e. The summed E-state index contributed by atoms with van der Waals surface area (Å²) in [6.45, 7) is 0.524. The number of carboxylic acids is 1. The Morgan fingerprint density at radius 2 is 1.90 bits per heavy atom. The molecule has 0 aliphatic carbocycles. The summed E-state index contributed by atoms with van der Waals surface area (Å²) in [5.41, 5.74) is 0.457. The van der Waals surface area contributed by atoms with E-state index in [1.807, 2.05) is 0 Å². The van der Waals surface area contributed by atoms with Crippen molar-refractivity contribution < 1.29 is 24.6 Å². The Bertz CT molecular complexity index is 605. The first-order chi connectivity index (χ1) is 9.43. The third kappa shape index (κ3) is 2.27. The van der Waals surface area contributed by atoms with Crippen LogP contribution in [0.15, 0.2) is 41.7 Å². The Hall–Kier alpha value is -2.63. The Morgan fingerprint density at radius 1 is 1.30 bits per heavy atom. The molecule has 6 nitrogen and oxygen atoms in total. The molecule has 0 saturated heterocycles. The number of aliphatic hydroxyl groups excluding tert-OH is 1. The summed E-state index contributed by atoms with van der Waals surface area (Å²) < 4.78 is 0. The molecule has 0 spiro atoms. The lowest BCUT2D eigenvalue weighted by Gasteiger charge is -2.26. The van der Waals surface area contributed by atoms with Crippen LogP contribution < -0.4 is 5.11 Å². The second-order valence-electron chi connectivity index (χ2n) is 4.44. The van der Waals surface area contributed by atoms with Gasteiger partial charge in [0.05, 0.1) is 24.1 Å². The Morgan fingerprint density at radius 3 is 2.40 bits per heavy atom. The molecule has 104 valence electrons. The van der Waals surface area contributed by atoms with Gasteiger partial charge in [0.1, 0.15) is 0 Å². The van der Waals surface area contributed by atoms with Gasteiger partial charge >= 0.3 is 0 Å². The molecule has 0 aromatic heterocycles. The quantitative estimate of drug-likeness (QED) is 0.814. The molecule has 0 saturated carbocycles. The highest BCUT2D eigenvalue weighted by molar-refractivity contribution is 6.08. The van der Waals surface area contributed by atoms with E-state index in [4.69, 9.17) is 0 Å². The number of Topliss-reactive ketones (excluding diaryl/α,β-unsaturated/α-hetero) is 1. The van der Waals surface area contributed by atoms with Crippen LogP contribution in [0.1, 0.15) is 18.5 Å². The largest absolute Gasteiger partial charge is 0.548 e. The van der Waals surface area contributed by atoms with E-state index in [2.05, 4.69) is 0 Å². The lowest BCUT2D eigenvalue weighted by molar-refractivity contribution is -0.306. The second-order valence-corrected chi connectivity index (χ2v) is 4.44. The first-order valence-corrected chi connectivity index (χ1v) is 5.93. The van der Waals surface area contributed by atoms with Crippen LogP contribution in [0.25, 0.3) is 0 Å². The molecule has 2 rings (SSSR count). The fourth-order valence-electron chi connectivity index (χ4n) is 2.30. The van der Waals surface area contributed by atoms with Gasteiger partial charge in [-0.25, -0.2) is 0 Å². The van der Waals surface area contributed by atoms with Gasteiger partial charge in [0, 0.05) is 0 Å². The van der Waals surface area contributed by atoms with E-state index in [1.165, 1.54) is 6.92 Å². The van der Waals surface area contributed by atoms with Crippen LogP contribution in [-0.4, -0.2) is 34.2 Å². The van der Waals surface area contributed by atoms with Gasteiger partial charge < -0.3 is 19.9 Å². The third-order valence-electron chi connectivity index (χ3n) is 3.10. The number of rotatable bonds is 4. The van der Waals surface area contributed by atoms with Crippen molar-refractivity contribution in [3.05, 3.63) is 47.2 Å². The first kappa shape index (κ1) is 13.8. The van der Waals surface area contributed by atoms with E-state index < -0.39 is 36.0 Å². The van der Waals surface area contributed by atoms with E-state index in [9.17, 15) is 24.6 Å². The zero-order valence-corrected chi connectivity index (χ0v) is 10.7. The van der Waals surface area contributed by atoms with Crippen LogP contribution in [-0.2, 0) is 14.4 Å². The number of hydrogen-bond acceptors (Lipinski definition) is 5. The molecule has 1 aliphatic heterocycles. The van der Waals surface area contributed by atoms with Crippen LogP contribution in [0.3, 0.4) is 0 Å². The summed E-state index contributed by atoms with van der Waals surface area (Å²) in [7, 11) is 0. The van der Waals surface area contributed by atoms with Gasteiger partial charge in [0.25, 0.3) is 5.91 Å². The number of carboxylic acid groups (broad SMARTS) is 1. The summed E-state index contributed by atoms with van der Waals surface area (Å²) in [6, 6.07) is 7.55. The zero-order chi connectivity index (χ0) is 14.9. The molecule has 0 radical (unpaired) electrons. The minimum absolute atomic E-state index is 0.0950.